The number of carbonyl (C=O) groups excluding carboxylic acids is 2. The molecular formula is C23H27N5O2. The largest absolute Gasteiger partial charge is 0.339 e. The molecule has 0 atom stereocenters. The molecule has 1 saturated heterocycles. The van der Waals surface area contributed by atoms with Crippen LogP contribution >= 0.6 is 0 Å². The van der Waals surface area contributed by atoms with Gasteiger partial charge in [-0.15, -0.1) is 0 Å². The lowest BCUT2D eigenvalue weighted by Gasteiger charge is -2.35. The van der Waals surface area contributed by atoms with Crippen LogP contribution in [-0.2, 0) is 6.54 Å². The molecule has 156 valence electrons. The molecule has 7 nitrogen and oxygen atoms in total. The first kappa shape index (κ1) is 19.9. The highest BCUT2D eigenvalue weighted by Gasteiger charge is 2.24. The average Bonchev–Trinajstić information content (AvgIpc) is 3.13. The van der Waals surface area contributed by atoms with E-state index in [1.165, 1.54) is 6.92 Å². The number of Topliss-reactive ketones (excluding diaryl/α,β-unsaturated/α-hetero) is 1. The summed E-state index contributed by atoms with van der Waals surface area (Å²) in [5, 5.41) is 2.91. The molecule has 4 rings (SSSR count). The molecule has 2 aromatic carbocycles. The van der Waals surface area contributed by atoms with Crippen LogP contribution in [0, 0.1) is 0 Å². The summed E-state index contributed by atoms with van der Waals surface area (Å²) in [6.45, 7) is 7.31. The van der Waals surface area contributed by atoms with Crippen LogP contribution in [0.25, 0.3) is 11.0 Å². The van der Waals surface area contributed by atoms with Crippen LogP contribution in [0.15, 0.2) is 48.5 Å². The van der Waals surface area contributed by atoms with Crippen molar-refractivity contribution < 1.29 is 9.59 Å². The van der Waals surface area contributed by atoms with E-state index in [1.54, 1.807) is 24.3 Å². The second-order valence-electron chi connectivity index (χ2n) is 7.59. The van der Waals surface area contributed by atoms with E-state index in [0.29, 0.717) is 24.3 Å². The van der Waals surface area contributed by atoms with Gasteiger partial charge in [0.05, 0.1) is 11.0 Å². The molecule has 0 aliphatic carbocycles. The molecule has 0 saturated carbocycles. The Labute approximate surface area is 176 Å². The summed E-state index contributed by atoms with van der Waals surface area (Å²) in [5.41, 5.74) is 3.39. The van der Waals surface area contributed by atoms with Crippen LogP contribution in [-0.4, -0.2) is 52.4 Å². The standard InChI is InChI=1S/C23H27N5O2/c1-3-11-28-21-10-5-4-9-20(21)25-22(28)26-12-14-27(15-13-26)23(30)24-19-8-6-7-18(16-19)17(2)29/h4-10,16H,3,11-15H2,1-2H3,(H,24,30). The molecule has 3 aromatic rings. The van der Waals surface area contributed by atoms with Gasteiger partial charge >= 0.3 is 6.03 Å². The number of aromatic nitrogens is 2. The molecule has 0 spiro atoms. The summed E-state index contributed by atoms with van der Waals surface area (Å²) in [4.78, 5) is 33.2. The van der Waals surface area contributed by atoms with E-state index in [4.69, 9.17) is 4.98 Å². The summed E-state index contributed by atoms with van der Waals surface area (Å²) in [6.07, 6.45) is 1.04. The molecule has 0 unspecified atom stereocenters. The van der Waals surface area contributed by atoms with E-state index in [-0.39, 0.29) is 11.8 Å². The minimum absolute atomic E-state index is 0.0188. The topological polar surface area (TPSA) is 70.5 Å². The SMILES string of the molecule is CCCn1c(N2CCN(C(=O)Nc3cccc(C(C)=O)c3)CC2)nc2ccccc21. The van der Waals surface area contributed by atoms with Crippen molar-refractivity contribution in [2.75, 3.05) is 36.4 Å². The van der Waals surface area contributed by atoms with Gasteiger partial charge in [0.2, 0.25) is 5.95 Å². The number of fused-ring (bicyclic) bond motifs is 1. The number of aryl methyl sites for hydroxylation is 1. The van der Waals surface area contributed by atoms with Crippen LogP contribution in [0.5, 0.6) is 0 Å². The normalized spacial score (nSPS) is 14.2. The number of anilines is 2. The van der Waals surface area contributed by atoms with Gasteiger partial charge in [0.15, 0.2) is 5.78 Å². The van der Waals surface area contributed by atoms with Gasteiger partial charge in [-0.2, -0.15) is 0 Å². The monoisotopic (exact) mass is 405 g/mol. The number of carbonyl (C=O) groups is 2. The smallest absolute Gasteiger partial charge is 0.321 e. The fraction of sp³-hybridized carbons (Fsp3) is 0.348. The van der Waals surface area contributed by atoms with Crippen molar-refractivity contribution in [3.05, 3.63) is 54.1 Å². The second kappa shape index (κ2) is 8.57. The molecular weight excluding hydrogens is 378 g/mol. The van der Waals surface area contributed by atoms with E-state index in [9.17, 15) is 9.59 Å². The molecule has 1 N–H and O–H groups in total. The maximum absolute atomic E-state index is 12.7. The molecule has 1 fully saturated rings. The fourth-order valence-electron chi connectivity index (χ4n) is 3.88. The minimum atomic E-state index is -0.141. The highest BCUT2D eigenvalue weighted by Crippen LogP contribution is 2.24. The predicted molar refractivity (Wildman–Crippen MR) is 119 cm³/mol. The predicted octanol–water partition coefficient (Wildman–Crippen LogP) is 4.00. The number of nitrogens with zero attached hydrogens (tertiary/aromatic N) is 4. The van der Waals surface area contributed by atoms with Crippen molar-refractivity contribution in [2.45, 2.75) is 26.8 Å². The number of benzene rings is 2. The quantitative estimate of drug-likeness (QED) is 0.652. The molecule has 2 amide bonds. The average molecular weight is 406 g/mol. The molecule has 7 heteroatoms. The lowest BCUT2D eigenvalue weighted by molar-refractivity contribution is 0.101. The van der Waals surface area contributed by atoms with Gasteiger partial charge in [-0.3, -0.25) is 4.79 Å². The highest BCUT2D eigenvalue weighted by molar-refractivity contribution is 5.96. The van der Waals surface area contributed by atoms with Crippen molar-refractivity contribution in [1.29, 1.82) is 0 Å². The number of urea groups is 1. The van der Waals surface area contributed by atoms with E-state index in [0.717, 1.165) is 43.0 Å². The lowest BCUT2D eigenvalue weighted by atomic mass is 10.1. The number of nitrogens with one attached hydrogen (secondary N) is 1. The van der Waals surface area contributed by atoms with Crippen LogP contribution in [0.2, 0.25) is 0 Å². The number of piperazine rings is 1. The Hall–Kier alpha value is -3.35. The number of para-hydroxylation sites is 2. The Kier molecular flexibility index (Phi) is 5.70. The number of rotatable bonds is 5. The summed E-state index contributed by atoms with van der Waals surface area (Å²) < 4.78 is 2.28. The first-order valence-electron chi connectivity index (χ1n) is 10.4. The Morgan fingerprint density at radius 3 is 2.53 bits per heavy atom. The van der Waals surface area contributed by atoms with E-state index < -0.39 is 0 Å². The van der Waals surface area contributed by atoms with Gasteiger partial charge in [0, 0.05) is 44.0 Å². The molecule has 1 aliphatic heterocycles. The zero-order valence-corrected chi connectivity index (χ0v) is 17.5. The van der Waals surface area contributed by atoms with E-state index >= 15 is 0 Å². The Morgan fingerprint density at radius 2 is 1.80 bits per heavy atom. The summed E-state index contributed by atoms with van der Waals surface area (Å²) in [6, 6.07) is 15.1. The lowest BCUT2D eigenvalue weighted by Crippen LogP contribution is -2.50. The Bertz CT molecular complexity index is 1070. The van der Waals surface area contributed by atoms with Crippen LogP contribution in [0.4, 0.5) is 16.4 Å². The third-order valence-corrected chi connectivity index (χ3v) is 5.45. The van der Waals surface area contributed by atoms with Crippen molar-refractivity contribution in [1.82, 2.24) is 14.5 Å². The highest BCUT2D eigenvalue weighted by atomic mass is 16.2. The van der Waals surface area contributed by atoms with Gasteiger partial charge in [0.25, 0.3) is 0 Å². The molecule has 1 aromatic heterocycles. The molecule has 2 heterocycles. The minimum Gasteiger partial charge on any atom is -0.339 e. The molecule has 0 bridgehead atoms. The molecule has 30 heavy (non-hydrogen) atoms. The van der Waals surface area contributed by atoms with Gasteiger partial charge in [0.1, 0.15) is 0 Å². The van der Waals surface area contributed by atoms with Gasteiger partial charge < -0.3 is 19.7 Å². The Morgan fingerprint density at radius 1 is 1.03 bits per heavy atom. The Balaban J connectivity index is 1.43. The molecule has 1 aliphatic rings. The van der Waals surface area contributed by atoms with Crippen LogP contribution in [0.3, 0.4) is 0 Å². The molecule has 0 radical (unpaired) electrons. The number of imidazole rings is 1. The van der Waals surface area contributed by atoms with Crippen LogP contribution in [0.1, 0.15) is 30.6 Å². The number of hydrogen-bond acceptors (Lipinski definition) is 4. The van der Waals surface area contributed by atoms with E-state index in [2.05, 4.69) is 27.8 Å². The van der Waals surface area contributed by atoms with Crippen LogP contribution < -0.4 is 10.2 Å². The van der Waals surface area contributed by atoms with Gasteiger partial charge in [-0.05, 0) is 37.6 Å². The maximum atomic E-state index is 12.7. The van der Waals surface area contributed by atoms with Gasteiger partial charge in [-0.1, -0.05) is 31.2 Å². The van der Waals surface area contributed by atoms with Crippen molar-refractivity contribution >= 4 is 34.5 Å². The third kappa shape index (κ3) is 4.01. The third-order valence-electron chi connectivity index (χ3n) is 5.45. The first-order valence-corrected chi connectivity index (χ1v) is 10.4. The van der Waals surface area contributed by atoms with Crippen molar-refractivity contribution in [3.8, 4) is 0 Å². The number of ketones is 1. The zero-order valence-electron chi connectivity index (χ0n) is 17.5. The number of amides is 2. The summed E-state index contributed by atoms with van der Waals surface area (Å²) >= 11 is 0. The van der Waals surface area contributed by atoms with Crippen molar-refractivity contribution in [2.24, 2.45) is 0 Å². The zero-order chi connectivity index (χ0) is 21.1. The summed E-state index contributed by atoms with van der Waals surface area (Å²) in [7, 11) is 0. The maximum Gasteiger partial charge on any atom is 0.321 e. The second-order valence-corrected chi connectivity index (χ2v) is 7.59. The summed E-state index contributed by atoms with van der Waals surface area (Å²) in [5.74, 6) is 0.960. The van der Waals surface area contributed by atoms with E-state index in [1.807, 2.05) is 23.1 Å². The fourth-order valence-corrected chi connectivity index (χ4v) is 3.88. The number of hydrogen-bond donors (Lipinski definition) is 1. The van der Waals surface area contributed by atoms with Crippen molar-refractivity contribution in [3.63, 3.8) is 0 Å². The van der Waals surface area contributed by atoms with Gasteiger partial charge in [-0.25, -0.2) is 9.78 Å². The first-order chi connectivity index (χ1) is 14.6.